The van der Waals surface area contributed by atoms with Gasteiger partial charge in [0.25, 0.3) is 0 Å². The maximum absolute atomic E-state index is 4.39. The molecule has 0 amide bonds. The topological polar surface area (TPSA) is 37.2 Å². The molecule has 1 aliphatic carbocycles. The van der Waals surface area contributed by atoms with Gasteiger partial charge in [0, 0.05) is 38.3 Å². The Morgan fingerprint density at radius 1 is 0.920 bits per heavy atom. The lowest BCUT2D eigenvalue weighted by Crippen LogP contribution is -2.59. The molecule has 0 spiro atoms. The summed E-state index contributed by atoms with van der Waals surface area (Å²) >= 11 is 0. The third-order valence-corrected chi connectivity index (χ3v) is 6.00. The van der Waals surface area contributed by atoms with Crippen molar-refractivity contribution in [1.82, 2.24) is 24.6 Å². The zero-order valence-corrected chi connectivity index (χ0v) is 15.1. The minimum absolute atomic E-state index is 0.283. The largest absolute Gasteiger partial charge is 0.297 e. The van der Waals surface area contributed by atoms with Crippen LogP contribution in [0.5, 0.6) is 0 Å². The van der Waals surface area contributed by atoms with Crippen LogP contribution in [-0.4, -0.2) is 56.3 Å². The Hall–Kier alpha value is -1.72. The standard InChI is InChI=1S/C20H29N5/c1-3-7-19(8-4-1)15-23-11-13-24(14-12-23)20(9-5-2-6-10-20)16-25-18-21-17-22-25/h1,3-4,7-8,17-18H,2,5-6,9-16H2. The van der Waals surface area contributed by atoms with Crippen LogP contribution in [0.4, 0.5) is 0 Å². The van der Waals surface area contributed by atoms with Crippen molar-refractivity contribution in [2.24, 2.45) is 0 Å². The third kappa shape index (κ3) is 3.93. The molecule has 1 aromatic carbocycles. The molecule has 1 aromatic heterocycles. The van der Waals surface area contributed by atoms with Gasteiger partial charge in [-0.2, -0.15) is 5.10 Å². The summed E-state index contributed by atoms with van der Waals surface area (Å²) in [5.41, 5.74) is 1.70. The summed E-state index contributed by atoms with van der Waals surface area (Å²) < 4.78 is 2.04. The first-order valence-corrected chi connectivity index (χ1v) is 9.68. The number of piperazine rings is 1. The van der Waals surface area contributed by atoms with Gasteiger partial charge in [-0.1, -0.05) is 49.6 Å². The van der Waals surface area contributed by atoms with Crippen LogP contribution in [0.2, 0.25) is 0 Å². The maximum atomic E-state index is 4.39. The zero-order valence-electron chi connectivity index (χ0n) is 15.1. The molecule has 1 saturated heterocycles. The van der Waals surface area contributed by atoms with Gasteiger partial charge in [-0.15, -0.1) is 0 Å². The van der Waals surface area contributed by atoms with Crippen molar-refractivity contribution in [3.8, 4) is 0 Å². The number of hydrogen-bond acceptors (Lipinski definition) is 4. The molecular formula is C20H29N5. The predicted molar refractivity (Wildman–Crippen MR) is 99.1 cm³/mol. The molecule has 2 heterocycles. The summed E-state index contributed by atoms with van der Waals surface area (Å²) in [6.07, 6.45) is 10.2. The van der Waals surface area contributed by atoms with E-state index in [4.69, 9.17) is 0 Å². The Balaban J connectivity index is 1.40. The number of rotatable bonds is 5. The van der Waals surface area contributed by atoms with Crippen LogP contribution >= 0.6 is 0 Å². The van der Waals surface area contributed by atoms with Crippen molar-refractivity contribution in [2.75, 3.05) is 26.2 Å². The lowest BCUT2D eigenvalue weighted by atomic mass is 9.79. The number of aromatic nitrogens is 3. The van der Waals surface area contributed by atoms with Gasteiger partial charge >= 0.3 is 0 Å². The van der Waals surface area contributed by atoms with Gasteiger partial charge in [0.1, 0.15) is 12.7 Å². The molecule has 0 atom stereocenters. The minimum atomic E-state index is 0.283. The first kappa shape index (κ1) is 16.7. The number of benzene rings is 1. The van der Waals surface area contributed by atoms with Crippen LogP contribution in [-0.2, 0) is 13.1 Å². The van der Waals surface area contributed by atoms with Gasteiger partial charge in [0.15, 0.2) is 0 Å². The summed E-state index contributed by atoms with van der Waals surface area (Å²) in [5, 5.41) is 4.39. The summed E-state index contributed by atoms with van der Waals surface area (Å²) in [6, 6.07) is 10.8. The van der Waals surface area contributed by atoms with E-state index in [9.17, 15) is 0 Å². The van der Waals surface area contributed by atoms with Crippen molar-refractivity contribution < 1.29 is 0 Å². The van der Waals surface area contributed by atoms with E-state index in [-0.39, 0.29) is 5.54 Å². The van der Waals surface area contributed by atoms with Crippen LogP contribution in [0.1, 0.15) is 37.7 Å². The lowest BCUT2D eigenvalue weighted by Gasteiger charge is -2.49. The first-order valence-electron chi connectivity index (χ1n) is 9.68. The SMILES string of the molecule is c1ccc(CN2CCN(C3(Cn4cncn4)CCCCC3)CC2)cc1. The van der Waals surface area contributed by atoms with E-state index in [0.717, 1.165) is 26.2 Å². The Bertz CT molecular complexity index is 625. The molecule has 134 valence electrons. The van der Waals surface area contributed by atoms with Crippen molar-refractivity contribution in [1.29, 1.82) is 0 Å². The lowest BCUT2D eigenvalue weighted by molar-refractivity contribution is -0.00736. The second-order valence-corrected chi connectivity index (χ2v) is 7.63. The number of hydrogen-bond donors (Lipinski definition) is 0. The van der Waals surface area contributed by atoms with Crippen molar-refractivity contribution in [3.05, 3.63) is 48.5 Å². The average Bonchev–Trinajstić information content (AvgIpc) is 3.17. The molecule has 2 aliphatic rings. The summed E-state index contributed by atoms with van der Waals surface area (Å²) in [6.45, 7) is 6.72. The second-order valence-electron chi connectivity index (χ2n) is 7.63. The molecule has 1 aliphatic heterocycles. The molecule has 0 unspecified atom stereocenters. The fourth-order valence-electron chi connectivity index (χ4n) is 4.62. The summed E-state index contributed by atoms with van der Waals surface area (Å²) in [5.74, 6) is 0. The molecule has 2 aromatic rings. The van der Waals surface area contributed by atoms with Crippen molar-refractivity contribution >= 4 is 0 Å². The molecule has 0 bridgehead atoms. The number of nitrogens with zero attached hydrogens (tertiary/aromatic N) is 5. The highest BCUT2D eigenvalue weighted by atomic mass is 15.4. The van der Waals surface area contributed by atoms with Gasteiger partial charge in [-0.3, -0.25) is 14.5 Å². The van der Waals surface area contributed by atoms with Crippen LogP contribution in [0.15, 0.2) is 43.0 Å². The van der Waals surface area contributed by atoms with Crippen LogP contribution in [0.25, 0.3) is 0 Å². The van der Waals surface area contributed by atoms with Crippen LogP contribution < -0.4 is 0 Å². The normalized spacial score (nSPS) is 22.1. The van der Waals surface area contributed by atoms with E-state index in [2.05, 4.69) is 50.2 Å². The molecule has 0 N–H and O–H groups in total. The minimum Gasteiger partial charge on any atom is -0.297 e. The molecule has 1 saturated carbocycles. The van der Waals surface area contributed by atoms with E-state index in [0.29, 0.717) is 0 Å². The molecule has 25 heavy (non-hydrogen) atoms. The first-order chi connectivity index (χ1) is 12.3. The average molecular weight is 339 g/mol. The Kier molecular flexibility index (Phi) is 5.13. The molecule has 5 nitrogen and oxygen atoms in total. The van der Waals surface area contributed by atoms with E-state index in [1.807, 2.05) is 11.0 Å². The smallest absolute Gasteiger partial charge is 0.137 e. The highest BCUT2D eigenvalue weighted by molar-refractivity contribution is 5.14. The van der Waals surface area contributed by atoms with Crippen molar-refractivity contribution in [2.45, 2.75) is 50.7 Å². The van der Waals surface area contributed by atoms with E-state index in [1.54, 1.807) is 6.33 Å². The van der Waals surface area contributed by atoms with Crippen LogP contribution in [0, 0.1) is 0 Å². The Morgan fingerprint density at radius 3 is 2.36 bits per heavy atom. The van der Waals surface area contributed by atoms with Gasteiger partial charge in [0.05, 0.1) is 6.54 Å². The van der Waals surface area contributed by atoms with E-state index in [1.165, 1.54) is 50.8 Å². The molecule has 4 rings (SSSR count). The Labute approximate surface area is 150 Å². The van der Waals surface area contributed by atoms with E-state index < -0.39 is 0 Å². The van der Waals surface area contributed by atoms with Crippen molar-refractivity contribution in [3.63, 3.8) is 0 Å². The van der Waals surface area contributed by atoms with Gasteiger partial charge < -0.3 is 0 Å². The second kappa shape index (κ2) is 7.67. The highest BCUT2D eigenvalue weighted by Gasteiger charge is 2.39. The molecule has 5 heteroatoms. The maximum Gasteiger partial charge on any atom is 0.137 e. The quantitative estimate of drug-likeness (QED) is 0.839. The van der Waals surface area contributed by atoms with Gasteiger partial charge in [0.2, 0.25) is 0 Å². The fourth-order valence-corrected chi connectivity index (χ4v) is 4.62. The van der Waals surface area contributed by atoms with Gasteiger partial charge in [-0.05, 0) is 18.4 Å². The van der Waals surface area contributed by atoms with E-state index >= 15 is 0 Å². The monoisotopic (exact) mass is 339 g/mol. The molecular weight excluding hydrogens is 310 g/mol. The summed E-state index contributed by atoms with van der Waals surface area (Å²) in [7, 11) is 0. The fraction of sp³-hybridized carbons (Fsp3) is 0.600. The molecule has 2 fully saturated rings. The Morgan fingerprint density at radius 2 is 1.68 bits per heavy atom. The zero-order chi connectivity index (χ0) is 17.0. The van der Waals surface area contributed by atoms with Gasteiger partial charge in [-0.25, -0.2) is 4.98 Å². The predicted octanol–water partition coefficient (Wildman–Crippen LogP) is 2.80. The highest BCUT2D eigenvalue weighted by Crippen LogP contribution is 2.35. The third-order valence-electron chi connectivity index (χ3n) is 6.00. The van der Waals surface area contributed by atoms with Crippen LogP contribution in [0.3, 0.4) is 0 Å². The summed E-state index contributed by atoms with van der Waals surface area (Å²) in [4.78, 5) is 9.50. The molecule has 0 radical (unpaired) electrons.